The van der Waals surface area contributed by atoms with Crippen LogP contribution in [0.4, 0.5) is 0 Å². The Morgan fingerprint density at radius 1 is 1.29 bits per heavy atom. The lowest BCUT2D eigenvalue weighted by Gasteiger charge is -2.20. The van der Waals surface area contributed by atoms with E-state index in [0.717, 1.165) is 18.4 Å². The van der Waals surface area contributed by atoms with Gasteiger partial charge >= 0.3 is 0 Å². The smallest absolute Gasteiger partial charge is 0.243 e. The normalized spacial score (nSPS) is 12.8. The minimum Gasteiger partial charge on any atom is -0.409 e. The van der Waals surface area contributed by atoms with Crippen molar-refractivity contribution in [2.45, 2.75) is 38.0 Å². The highest BCUT2D eigenvalue weighted by atomic mass is 32.2. The van der Waals surface area contributed by atoms with Gasteiger partial charge in [-0.2, -0.15) is 4.31 Å². The molecule has 0 bridgehead atoms. The first-order chi connectivity index (χ1) is 9.95. The highest BCUT2D eigenvalue weighted by Crippen LogP contribution is 2.17. The summed E-state index contributed by atoms with van der Waals surface area (Å²) >= 11 is 0. The highest BCUT2D eigenvalue weighted by Gasteiger charge is 2.22. The molecule has 0 aliphatic carbocycles. The second-order valence-electron chi connectivity index (χ2n) is 4.73. The largest absolute Gasteiger partial charge is 0.409 e. The summed E-state index contributed by atoms with van der Waals surface area (Å²) in [4.78, 5) is 0.267. The van der Waals surface area contributed by atoms with Gasteiger partial charge in [-0.05, 0) is 24.1 Å². The summed E-state index contributed by atoms with van der Waals surface area (Å²) in [5.74, 6) is 0.0157. The van der Waals surface area contributed by atoms with Crippen molar-refractivity contribution in [1.82, 2.24) is 4.31 Å². The molecule has 7 heteroatoms. The molecule has 0 spiro atoms. The van der Waals surface area contributed by atoms with Gasteiger partial charge < -0.3 is 10.9 Å². The fraction of sp³-hybridized carbons (Fsp3) is 0.500. The van der Waals surface area contributed by atoms with E-state index in [2.05, 4.69) is 12.1 Å². The zero-order chi connectivity index (χ0) is 15.9. The molecule has 0 heterocycles. The van der Waals surface area contributed by atoms with Crippen LogP contribution < -0.4 is 5.73 Å². The molecule has 0 aliphatic rings. The summed E-state index contributed by atoms with van der Waals surface area (Å²) in [6, 6.07) is 6.94. The molecular formula is C14H23N3O3S. The number of aryl methyl sites for hydroxylation is 1. The molecule has 0 fully saturated rings. The van der Waals surface area contributed by atoms with Gasteiger partial charge in [-0.3, -0.25) is 0 Å². The number of hydrogen-bond donors (Lipinski definition) is 2. The van der Waals surface area contributed by atoms with Crippen molar-refractivity contribution < 1.29 is 13.6 Å². The summed E-state index contributed by atoms with van der Waals surface area (Å²) in [6.45, 7) is 4.36. The first-order valence-electron chi connectivity index (χ1n) is 7.01. The van der Waals surface area contributed by atoms with E-state index in [-0.39, 0.29) is 23.7 Å². The molecule has 0 saturated carbocycles. The quantitative estimate of drug-likeness (QED) is 0.331. The third-order valence-electron chi connectivity index (χ3n) is 3.20. The molecule has 0 atom stereocenters. The fourth-order valence-corrected chi connectivity index (χ4v) is 3.45. The maximum atomic E-state index is 12.5. The van der Waals surface area contributed by atoms with Crippen molar-refractivity contribution in [3.05, 3.63) is 29.8 Å². The molecule has 1 rings (SSSR count). The SMILES string of the molecule is CCCc1ccc(S(=O)(=O)N(CC)CCC(N)=NO)cc1. The standard InChI is InChI=1S/C14H23N3O3S/c1-3-5-12-6-8-13(9-7-12)21(19,20)17(4-2)11-10-14(15)16-18/h6-9,18H,3-5,10-11H2,1-2H3,(H2,15,16). The summed E-state index contributed by atoms with van der Waals surface area (Å²) in [7, 11) is -3.55. The highest BCUT2D eigenvalue weighted by molar-refractivity contribution is 7.89. The zero-order valence-corrected chi connectivity index (χ0v) is 13.3. The number of rotatable bonds is 8. The number of amidine groups is 1. The van der Waals surface area contributed by atoms with Gasteiger partial charge in [-0.25, -0.2) is 8.42 Å². The minimum atomic E-state index is -3.55. The van der Waals surface area contributed by atoms with E-state index in [0.29, 0.717) is 6.54 Å². The van der Waals surface area contributed by atoms with Crippen molar-refractivity contribution in [2.75, 3.05) is 13.1 Å². The maximum absolute atomic E-state index is 12.5. The Morgan fingerprint density at radius 3 is 2.38 bits per heavy atom. The molecule has 118 valence electrons. The van der Waals surface area contributed by atoms with Crippen LogP contribution in [0.15, 0.2) is 34.3 Å². The van der Waals surface area contributed by atoms with E-state index >= 15 is 0 Å². The summed E-state index contributed by atoms with van der Waals surface area (Å²) in [5, 5.41) is 11.4. The molecule has 0 amide bonds. The summed E-state index contributed by atoms with van der Waals surface area (Å²) in [5.41, 5.74) is 6.51. The topological polar surface area (TPSA) is 96.0 Å². The molecule has 1 aromatic carbocycles. The van der Waals surface area contributed by atoms with E-state index in [1.54, 1.807) is 19.1 Å². The molecule has 3 N–H and O–H groups in total. The number of nitrogens with two attached hydrogens (primary N) is 1. The first-order valence-corrected chi connectivity index (χ1v) is 8.45. The number of sulfonamides is 1. The Labute approximate surface area is 126 Å². The molecule has 6 nitrogen and oxygen atoms in total. The molecule has 21 heavy (non-hydrogen) atoms. The van der Waals surface area contributed by atoms with Crippen LogP contribution >= 0.6 is 0 Å². The van der Waals surface area contributed by atoms with Gasteiger partial charge in [0.2, 0.25) is 10.0 Å². The van der Waals surface area contributed by atoms with Gasteiger partial charge in [-0.1, -0.05) is 37.6 Å². The lowest BCUT2D eigenvalue weighted by molar-refractivity contribution is 0.315. The van der Waals surface area contributed by atoms with Crippen LogP contribution in [-0.2, 0) is 16.4 Å². The van der Waals surface area contributed by atoms with Crippen LogP contribution in [0.5, 0.6) is 0 Å². The van der Waals surface area contributed by atoms with E-state index in [1.165, 1.54) is 4.31 Å². The van der Waals surface area contributed by atoms with E-state index in [4.69, 9.17) is 10.9 Å². The Balaban J connectivity index is 2.90. The monoisotopic (exact) mass is 313 g/mol. The Kier molecular flexibility index (Phi) is 6.64. The average Bonchev–Trinajstić information content (AvgIpc) is 2.48. The number of oxime groups is 1. The second kappa shape index (κ2) is 7.99. The van der Waals surface area contributed by atoms with Gasteiger partial charge in [0.15, 0.2) is 0 Å². The van der Waals surface area contributed by atoms with Gasteiger partial charge in [0.1, 0.15) is 5.84 Å². The molecule has 0 unspecified atom stereocenters. The number of hydrogen-bond acceptors (Lipinski definition) is 4. The average molecular weight is 313 g/mol. The van der Waals surface area contributed by atoms with Crippen LogP contribution in [0.1, 0.15) is 32.3 Å². The van der Waals surface area contributed by atoms with Gasteiger partial charge in [0, 0.05) is 19.5 Å². The second-order valence-corrected chi connectivity index (χ2v) is 6.67. The van der Waals surface area contributed by atoms with Crippen LogP contribution in [-0.4, -0.2) is 36.9 Å². The molecule has 0 aliphatic heterocycles. The number of nitrogens with zero attached hydrogens (tertiary/aromatic N) is 2. The predicted molar refractivity (Wildman–Crippen MR) is 82.9 cm³/mol. The van der Waals surface area contributed by atoms with Crippen molar-refractivity contribution in [3.8, 4) is 0 Å². The fourth-order valence-electron chi connectivity index (χ4n) is 2.00. The van der Waals surface area contributed by atoms with Crippen LogP contribution in [0.2, 0.25) is 0 Å². The van der Waals surface area contributed by atoms with E-state index in [1.807, 2.05) is 12.1 Å². The van der Waals surface area contributed by atoms with E-state index in [9.17, 15) is 8.42 Å². The summed E-state index contributed by atoms with van der Waals surface area (Å²) in [6.07, 6.45) is 2.14. The van der Waals surface area contributed by atoms with Gasteiger partial charge in [0.05, 0.1) is 4.90 Å². The van der Waals surface area contributed by atoms with Crippen LogP contribution in [0, 0.1) is 0 Å². The maximum Gasteiger partial charge on any atom is 0.243 e. The Hall–Kier alpha value is -1.60. The van der Waals surface area contributed by atoms with Crippen molar-refractivity contribution in [1.29, 1.82) is 0 Å². The molecule has 0 radical (unpaired) electrons. The predicted octanol–water partition coefficient (Wildman–Crippen LogP) is 1.79. The third kappa shape index (κ3) is 4.71. The Morgan fingerprint density at radius 2 is 1.90 bits per heavy atom. The third-order valence-corrected chi connectivity index (χ3v) is 5.19. The molecule has 0 saturated heterocycles. The molecule has 0 aromatic heterocycles. The lowest BCUT2D eigenvalue weighted by Crippen LogP contribution is -2.34. The minimum absolute atomic E-state index is 0.0157. The van der Waals surface area contributed by atoms with Gasteiger partial charge in [-0.15, -0.1) is 0 Å². The van der Waals surface area contributed by atoms with Gasteiger partial charge in [0.25, 0.3) is 0 Å². The van der Waals surface area contributed by atoms with Crippen LogP contribution in [0.25, 0.3) is 0 Å². The first kappa shape index (κ1) is 17.5. The van der Waals surface area contributed by atoms with E-state index < -0.39 is 10.0 Å². The van der Waals surface area contributed by atoms with Crippen LogP contribution in [0.3, 0.4) is 0 Å². The van der Waals surface area contributed by atoms with Crippen molar-refractivity contribution >= 4 is 15.9 Å². The molecule has 1 aromatic rings. The lowest BCUT2D eigenvalue weighted by atomic mass is 10.1. The number of benzene rings is 1. The summed E-state index contributed by atoms with van der Waals surface area (Å²) < 4.78 is 26.4. The zero-order valence-electron chi connectivity index (χ0n) is 12.5. The Bertz CT molecular complexity index is 568. The van der Waals surface area contributed by atoms with Crippen molar-refractivity contribution in [2.24, 2.45) is 10.9 Å². The van der Waals surface area contributed by atoms with Crippen molar-refractivity contribution in [3.63, 3.8) is 0 Å². The molecular weight excluding hydrogens is 290 g/mol.